The second-order valence-corrected chi connectivity index (χ2v) is 4.98. The van der Waals surface area contributed by atoms with Crippen LogP contribution in [0.25, 0.3) is 0 Å². The lowest BCUT2D eigenvalue weighted by Crippen LogP contribution is -2.39. The number of nitrogens with two attached hydrogens (primary N) is 1. The molecular formula is C12H18Cl2N2. The summed E-state index contributed by atoms with van der Waals surface area (Å²) in [6.45, 7) is 5.54. The lowest BCUT2D eigenvalue weighted by molar-refractivity contribution is 0.405. The SMILES string of the molecule is CC(C)C(CN)NCc1c(Cl)cccc1Cl. The van der Waals surface area contributed by atoms with Crippen LogP contribution in [0.2, 0.25) is 10.0 Å². The van der Waals surface area contributed by atoms with E-state index < -0.39 is 0 Å². The third-order valence-corrected chi connectivity index (χ3v) is 3.37. The summed E-state index contributed by atoms with van der Waals surface area (Å²) < 4.78 is 0. The molecule has 0 aliphatic heterocycles. The van der Waals surface area contributed by atoms with Crippen molar-refractivity contribution < 1.29 is 0 Å². The van der Waals surface area contributed by atoms with Crippen molar-refractivity contribution >= 4 is 23.2 Å². The highest BCUT2D eigenvalue weighted by Gasteiger charge is 2.12. The zero-order valence-corrected chi connectivity index (χ0v) is 11.1. The number of hydrogen-bond donors (Lipinski definition) is 2. The van der Waals surface area contributed by atoms with E-state index in [2.05, 4.69) is 19.2 Å². The van der Waals surface area contributed by atoms with E-state index in [1.54, 1.807) is 0 Å². The molecule has 0 radical (unpaired) electrons. The number of benzene rings is 1. The Bertz CT molecular complexity index is 320. The number of halogens is 2. The second-order valence-electron chi connectivity index (χ2n) is 4.17. The lowest BCUT2D eigenvalue weighted by Gasteiger charge is -2.21. The van der Waals surface area contributed by atoms with E-state index in [4.69, 9.17) is 28.9 Å². The van der Waals surface area contributed by atoms with Crippen molar-refractivity contribution in [3.8, 4) is 0 Å². The van der Waals surface area contributed by atoms with Crippen LogP contribution in [-0.4, -0.2) is 12.6 Å². The van der Waals surface area contributed by atoms with Crippen molar-refractivity contribution in [2.24, 2.45) is 11.7 Å². The van der Waals surface area contributed by atoms with Gasteiger partial charge in [0.2, 0.25) is 0 Å². The van der Waals surface area contributed by atoms with Crippen LogP contribution in [0.4, 0.5) is 0 Å². The van der Waals surface area contributed by atoms with Gasteiger partial charge in [-0.05, 0) is 18.1 Å². The van der Waals surface area contributed by atoms with Gasteiger partial charge in [0, 0.05) is 34.7 Å². The average Bonchev–Trinajstić information content (AvgIpc) is 2.22. The molecule has 1 aromatic carbocycles. The molecule has 0 aliphatic rings. The molecule has 90 valence electrons. The summed E-state index contributed by atoms with van der Waals surface area (Å²) >= 11 is 12.2. The van der Waals surface area contributed by atoms with Gasteiger partial charge in [-0.25, -0.2) is 0 Å². The van der Waals surface area contributed by atoms with E-state index in [-0.39, 0.29) is 6.04 Å². The normalized spacial score (nSPS) is 13.1. The molecule has 0 heterocycles. The number of hydrogen-bond acceptors (Lipinski definition) is 2. The summed E-state index contributed by atoms with van der Waals surface area (Å²) in [5.41, 5.74) is 6.62. The highest BCUT2D eigenvalue weighted by Crippen LogP contribution is 2.24. The first kappa shape index (κ1) is 13.8. The van der Waals surface area contributed by atoms with E-state index in [1.165, 1.54) is 0 Å². The van der Waals surface area contributed by atoms with E-state index in [0.29, 0.717) is 29.1 Å². The molecule has 1 atom stereocenters. The minimum Gasteiger partial charge on any atom is -0.329 e. The molecule has 1 unspecified atom stereocenters. The first-order valence-electron chi connectivity index (χ1n) is 5.42. The molecule has 1 rings (SSSR count). The zero-order chi connectivity index (χ0) is 12.1. The van der Waals surface area contributed by atoms with Crippen LogP contribution < -0.4 is 11.1 Å². The van der Waals surface area contributed by atoms with Crippen LogP contribution in [0.15, 0.2) is 18.2 Å². The Morgan fingerprint density at radius 2 is 1.81 bits per heavy atom. The monoisotopic (exact) mass is 260 g/mol. The largest absolute Gasteiger partial charge is 0.329 e. The summed E-state index contributed by atoms with van der Waals surface area (Å²) in [6, 6.07) is 5.82. The van der Waals surface area contributed by atoms with Gasteiger partial charge in [0.15, 0.2) is 0 Å². The third-order valence-electron chi connectivity index (χ3n) is 2.66. The van der Waals surface area contributed by atoms with E-state index in [9.17, 15) is 0 Å². The molecule has 0 aromatic heterocycles. The Balaban J connectivity index is 2.67. The molecule has 16 heavy (non-hydrogen) atoms. The maximum absolute atomic E-state index is 6.08. The first-order valence-corrected chi connectivity index (χ1v) is 6.18. The van der Waals surface area contributed by atoms with Crippen LogP contribution in [0, 0.1) is 5.92 Å². The standard InChI is InChI=1S/C12H18Cl2N2/c1-8(2)12(6-15)16-7-9-10(13)4-3-5-11(9)14/h3-5,8,12,16H,6-7,15H2,1-2H3. The predicted octanol–water partition coefficient (Wildman–Crippen LogP) is 3.07. The Labute approximate surface area is 107 Å². The Kier molecular flexibility index (Phi) is 5.56. The highest BCUT2D eigenvalue weighted by molar-refractivity contribution is 6.35. The van der Waals surface area contributed by atoms with Gasteiger partial charge in [-0.1, -0.05) is 43.1 Å². The lowest BCUT2D eigenvalue weighted by atomic mass is 10.0. The van der Waals surface area contributed by atoms with E-state index >= 15 is 0 Å². The van der Waals surface area contributed by atoms with E-state index in [0.717, 1.165) is 5.56 Å². The molecule has 0 bridgehead atoms. The summed E-state index contributed by atoms with van der Waals surface area (Å²) in [7, 11) is 0. The molecule has 4 heteroatoms. The molecule has 0 spiro atoms. The van der Waals surface area contributed by atoms with Gasteiger partial charge in [-0.15, -0.1) is 0 Å². The molecule has 0 aliphatic carbocycles. The van der Waals surface area contributed by atoms with Crippen molar-refractivity contribution in [1.82, 2.24) is 5.32 Å². The molecule has 2 nitrogen and oxygen atoms in total. The Hall–Kier alpha value is -0.280. The van der Waals surface area contributed by atoms with Crippen molar-refractivity contribution in [3.05, 3.63) is 33.8 Å². The molecule has 3 N–H and O–H groups in total. The van der Waals surface area contributed by atoms with E-state index in [1.807, 2.05) is 18.2 Å². The topological polar surface area (TPSA) is 38.0 Å². The van der Waals surface area contributed by atoms with Gasteiger partial charge in [-0.3, -0.25) is 0 Å². The Morgan fingerprint density at radius 1 is 1.25 bits per heavy atom. The van der Waals surface area contributed by atoms with Gasteiger partial charge >= 0.3 is 0 Å². The molecule has 0 fully saturated rings. The summed E-state index contributed by atoms with van der Waals surface area (Å²) in [5, 5.41) is 4.76. The second kappa shape index (κ2) is 6.45. The summed E-state index contributed by atoms with van der Waals surface area (Å²) in [5.74, 6) is 0.492. The van der Waals surface area contributed by atoms with Gasteiger partial charge in [0.05, 0.1) is 0 Å². The minimum absolute atomic E-state index is 0.285. The molecule has 1 aromatic rings. The molecule has 0 saturated carbocycles. The number of nitrogens with one attached hydrogen (secondary N) is 1. The van der Waals surface area contributed by atoms with Gasteiger partial charge in [0.1, 0.15) is 0 Å². The maximum atomic E-state index is 6.08. The minimum atomic E-state index is 0.285. The van der Waals surface area contributed by atoms with Crippen molar-refractivity contribution in [2.45, 2.75) is 26.4 Å². The van der Waals surface area contributed by atoms with Gasteiger partial charge in [-0.2, -0.15) is 0 Å². The smallest absolute Gasteiger partial charge is 0.0465 e. The van der Waals surface area contributed by atoms with Crippen LogP contribution in [0.5, 0.6) is 0 Å². The fraction of sp³-hybridized carbons (Fsp3) is 0.500. The van der Waals surface area contributed by atoms with Crippen molar-refractivity contribution in [1.29, 1.82) is 0 Å². The quantitative estimate of drug-likeness (QED) is 0.854. The number of rotatable bonds is 5. The van der Waals surface area contributed by atoms with Crippen LogP contribution >= 0.6 is 23.2 Å². The van der Waals surface area contributed by atoms with Crippen LogP contribution in [-0.2, 0) is 6.54 Å². The summed E-state index contributed by atoms with van der Waals surface area (Å²) in [4.78, 5) is 0. The predicted molar refractivity (Wildman–Crippen MR) is 71.0 cm³/mol. The summed E-state index contributed by atoms with van der Waals surface area (Å²) in [6.07, 6.45) is 0. The van der Waals surface area contributed by atoms with Gasteiger partial charge < -0.3 is 11.1 Å². The van der Waals surface area contributed by atoms with Gasteiger partial charge in [0.25, 0.3) is 0 Å². The van der Waals surface area contributed by atoms with Crippen LogP contribution in [0.3, 0.4) is 0 Å². The Morgan fingerprint density at radius 3 is 2.25 bits per heavy atom. The van der Waals surface area contributed by atoms with Crippen LogP contribution in [0.1, 0.15) is 19.4 Å². The maximum Gasteiger partial charge on any atom is 0.0465 e. The fourth-order valence-electron chi connectivity index (χ4n) is 1.53. The first-order chi connectivity index (χ1) is 7.56. The average molecular weight is 261 g/mol. The molecular weight excluding hydrogens is 243 g/mol. The molecule has 0 amide bonds. The fourth-order valence-corrected chi connectivity index (χ4v) is 2.06. The zero-order valence-electron chi connectivity index (χ0n) is 9.63. The van der Waals surface area contributed by atoms with Crippen molar-refractivity contribution in [2.75, 3.05) is 6.54 Å². The van der Waals surface area contributed by atoms with Crippen molar-refractivity contribution in [3.63, 3.8) is 0 Å². The third kappa shape index (κ3) is 3.63. The highest BCUT2D eigenvalue weighted by atomic mass is 35.5. The molecule has 0 saturated heterocycles.